The van der Waals surface area contributed by atoms with Crippen LogP contribution in [0.5, 0.6) is 0 Å². The van der Waals surface area contributed by atoms with E-state index in [4.69, 9.17) is 11.6 Å². The van der Waals surface area contributed by atoms with Crippen LogP contribution in [-0.2, 0) is 4.79 Å². The first-order valence-electron chi connectivity index (χ1n) is 13.0. The summed E-state index contributed by atoms with van der Waals surface area (Å²) >= 11 is 6.36. The van der Waals surface area contributed by atoms with E-state index >= 15 is 0 Å². The van der Waals surface area contributed by atoms with Crippen molar-refractivity contribution >= 4 is 29.1 Å². The topological polar surface area (TPSA) is 64.1 Å². The highest BCUT2D eigenvalue weighted by Gasteiger charge is 2.33. The van der Waals surface area contributed by atoms with Crippen LogP contribution in [0, 0.1) is 5.41 Å². The molecule has 0 aromatic heterocycles. The molecule has 1 aliphatic heterocycles. The second-order valence-corrected chi connectivity index (χ2v) is 10.8. The first kappa shape index (κ1) is 32.4. The van der Waals surface area contributed by atoms with Crippen LogP contribution >= 0.6 is 11.6 Å². The van der Waals surface area contributed by atoms with E-state index in [-0.39, 0.29) is 17.2 Å². The van der Waals surface area contributed by atoms with Crippen molar-refractivity contribution in [3.05, 3.63) is 64.7 Å². The zero-order chi connectivity index (χ0) is 29.2. The Kier molecular flexibility index (Phi) is 12.6. The maximum absolute atomic E-state index is 12.7. The summed E-state index contributed by atoms with van der Waals surface area (Å²) in [6, 6.07) is 14.7. The quantitative estimate of drug-likeness (QED) is 0.366. The average molecular weight is 570 g/mol. The van der Waals surface area contributed by atoms with Crippen LogP contribution in [0.2, 0.25) is 5.02 Å². The van der Waals surface area contributed by atoms with Crippen molar-refractivity contribution in [3.63, 3.8) is 0 Å². The van der Waals surface area contributed by atoms with Crippen LogP contribution in [0.1, 0.15) is 61.1 Å². The van der Waals surface area contributed by atoms with E-state index in [1.54, 1.807) is 32.3 Å². The number of piperidine rings is 1. The zero-order valence-electron chi connectivity index (χ0n) is 23.0. The van der Waals surface area contributed by atoms with Gasteiger partial charge in [0.05, 0.1) is 10.6 Å². The Bertz CT molecular complexity index is 1060. The molecular formula is C29H39ClF3N3O3. The molecule has 1 heterocycles. The average Bonchev–Trinajstić information content (AvgIpc) is 2.90. The largest absolute Gasteiger partial charge is 0.379 e. The van der Waals surface area contributed by atoms with E-state index in [2.05, 4.69) is 11.8 Å². The summed E-state index contributed by atoms with van der Waals surface area (Å²) in [4.78, 5) is 30.4. The lowest BCUT2D eigenvalue weighted by Gasteiger charge is -2.40. The number of hydrogen-bond donors (Lipinski definition) is 1. The van der Waals surface area contributed by atoms with Gasteiger partial charge in [-0.1, -0.05) is 55.3 Å². The number of aliphatic hydroxyl groups excluding tert-OH is 1. The highest BCUT2D eigenvalue weighted by molar-refractivity contribution is 6.34. The molecule has 1 fully saturated rings. The second kappa shape index (κ2) is 15.1. The maximum atomic E-state index is 12.7. The maximum Gasteiger partial charge on any atom is 0.379 e. The van der Waals surface area contributed by atoms with Crippen LogP contribution in [0.25, 0.3) is 0 Å². The lowest BCUT2D eigenvalue weighted by atomic mass is 9.76. The summed E-state index contributed by atoms with van der Waals surface area (Å²) in [6.07, 6.45) is 4.09. The van der Waals surface area contributed by atoms with Gasteiger partial charge in [0.2, 0.25) is 0 Å². The molecule has 216 valence electrons. The normalized spacial score (nSPS) is 15.3. The molecule has 1 unspecified atom stereocenters. The minimum Gasteiger partial charge on any atom is -0.378 e. The molecule has 0 aliphatic carbocycles. The first-order valence-corrected chi connectivity index (χ1v) is 13.4. The van der Waals surface area contributed by atoms with E-state index in [1.165, 1.54) is 4.90 Å². The van der Waals surface area contributed by atoms with E-state index in [0.717, 1.165) is 44.3 Å². The van der Waals surface area contributed by atoms with Crippen molar-refractivity contribution in [2.24, 2.45) is 5.41 Å². The van der Waals surface area contributed by atoms with Gasteiger partial charge in [0, 0.05) is 46.5 Å². The molecule has 1 atom stereocenters. The number of likely N-dealkylation sites (tertiary alicyclic amines) is 1. The van der Waals surface area contributed by atoms with Crippen LogP contribution in [0.3, 0.4) is 0 Å². The van der Waals surface area contributed by atoms with Crippen molar-refractivity contribution in [2.75, 3.05) is 45.7 Å². The number of carbonyl (C=O) groups is 2. The number of halogens is 4. The number of benzene rings is 2. The number of nitrogens with zero attached hydrogens (tertiary/aromatic N) is 3. The van der Waals surface area contributed by atoms with Gasteiger partial charge in [-0.15, -0.1) is 0 Å². The summed E-state index contributed by atoms with van der Waals surface area (Å²) in [5.74, 6) is -0.295. The summed E-state index contributed by atoms with van der Waals surface area (Å²) in [5, 5.41) is 10.9. The van der Waals surface area contributed by atoms with Gasteiger partial charge in [0.25, 0.3) is 11.8 Å². The molecule has 39 heavy (non-hydrogen) atoms. The van der Waals surface area contributed by atoms with Gasteiger partial charge in [-0.25, -0.2) is 0 Å². The van der Waals surface area contributed by atoms with Crippen molar-refractivity contribution < 1.29 is 27.9 Å². The second-order valence-electron chi connectivity index (χ2n) is 10.4. The zero-order valence-corrected chi connectivity index (χ0v) is 23.8. The SMILES string of the molecule is CN(C)C(=O)c1ccc(N(C)CCCCC2(C)CCN(C(=O)C(O)c3ccccc3)CC2)cc1Cl.FC(F)F. The van der Waals surface area contributed by atoms with Gasteiger partial charge in [-0.05, 0) is 54.9 Å². The van der Waals surface area contributed by atoms with Crippen LogP contribution < -0.4 is 4.90 Å². The number of anilines is 1. The van der Waals surface area contributed by atoms with Gasteiger partial charge in [-0.3, -0.25) is 9.59 Å². The summed E-state index contributed by atoms with van der Waals surface area (Å²) in [6.45, 7) is 0.930. The Hall–Kier alpha value is -2.78. The van der Waals surface area contributed by atoms with E-state index in [0.29, 0.717) is 29.2 Å². The lowest BCUT2D eigenvalue weighted by molar-refractivity contribution is -0.142. The summed E-state index contributed by atoms with van der Waals surface area (Å²) in [7, 11) is 5.48. The number of aliphatic hydroxyl groups is 1. The molecular weight excluding hydrogens is 531 g/mol. The Labute approximate surface area is 234 Å². The molecule has 10 heteroatoms. The Balaban J connectivity index is 0.00000124. The molecule has 3 rings (SSSR count). The Morgan fingerprint density at radius 2 is 1.62 bits per heavy atom. The standard InChI is InChI=1S/C28H38ClN3O3.CHF3/c1-28(15-18-32(19-16-28)27(35)25(33)21-10-6-5-7-11-21)14-8-9-17-31(4)22-12-13-23(24(29)20-22)26(34)30(2)3;2-1(3)4/h5-7,10-13,20,25,33H,8-9,14-19H2,1-4H3;1H. The van der Waals surface area contributed by atoms with Gasteiger partial charge in [0.1, 0.15) is 0 Å². The number of hydrogen-bond acceptors (Lipinski definition) is 4. The van der Waals surface area contributed by atoms with Crippen LogP contribution in [0.4, 0.5) is 18.9 Å². The lowest BCUT2D eigenvalue weighted by Crippen LogP contribution is -2.44. The Morgan fingerprint density at radius 3 is 2.15 bits per heavy atom. The molecule has 0 radical (unpaired) electrons. The Morgan fingerprint density at radius 1 is 1.03 bits per heavy atom. The third-order valence-electron chi connectivity index (χ3n) is 7.19. The molecule has 1 aliphatic rings. The fourth-order valence-electron chi connectivity index (χ4n) is 4.65. The minimum atomic E-state index is -3.67. The minimum absolute atomic E-state index is 0.0974. The van der Waals surface area contributed by atoms with Gasteiger partial charge in [0.15, 0.2) is 6.10 Å². The van der Waals surface area contributed by atoms with Gasteiger partial charge >= 0.3 is 6.68 Å². The van der Waals surface area contributed by atoms with Crippen molar-refractivity contribution in [3.8, 4) is 0 Å². The number of amides is 2. The number of carbonyl (C=O) groups excluding carboxylic acids is 2. The molecule has 0 saturated carbocycles. The van der Waals surface area contributed by atoms with Crippen molar-refractivity contribution in [1.82, 2.24) is 9.80 Å². The smallest absolute Gasteiger partial charge is 0.378 e. The predicted octanol–water partition coefficient (Wildman–Crippen LogP) is 6.19. The summed E-state index contributed by atoms with van der Waals surface area (Å²) in [5.41, 5.74) is 2.38. The molecule has 2 amide bonds. The summed E-state index contributed by atoms with van der Waals surface area (Å²) < 4.78 is 29.0. The third-order valence-corrected chi connectivity index (χ3v) is 7.50. The van der Waals surface area contributed by atoms with Crippen LogP contribution in [0.15, 0.2) is 48.5 Å². The van der Waals surface area contributed by atoms with E-state index in [1.807, 2.05) is 42.3 Å². The molecule has 2 aromatic rings. The highest BCUT2D eigenvalue weighted by atomic mass is 35.5. The predicted molar refractivity (Wildman–Crippen MR) is 149 cm³/mol. The molecule has 0 spiro atoms. The third kappa shape index (κ3) is 10.0. The fourth-order valence-corrected chi connectivity index (χ4v) is 4.91. The molecule has 1 saturated heterocycles. The molecule has 2 aromatic carbocycles. The van der Waals surface area contributed by atoms with Crippen LogP contribution in [-0.4, -0.2) is 74.2 Å². The van der Waals surface area contributed by atoms with Crippen molar-refractivity contribution in [2.45, 2.75) is 51.8 Å². The van der Waals surface area contributed by atoms with Gasteiger partial charge < -0.3 is 19.8 Å². The highest BCUT2D eigenvalue weighted by Crippen LogP contribution is 2.37. The monoisotopic (exact) mass is 569 g/mol. The number of unbranched alkanes of at least 4 members (excludes halogenated alkanes) is 1. The number of alkyl halides is 3. The first-order chi connectivity index (χ1) is 18.3. The van der Waals surface area contributed by atoms with E-state index < -0.39 is 12.8 Å². The van der Waals surface area contributed by atoms with E-state index in [9.17, 15) is 27.9 Å². The number of rotatable bonds is 9. The molecule has 0 bridgehead atoms. The molecule has 1 N–H and O–H groups in total. The van der Waals surface area contributed by atoms with Crippen molar-refractivity contribution in [1.29, 1.82) is 0 Å². The molecule has 6 nitrogen and oxygen atoms in total. The fraction of sp³-hybridized carbons (Fsp3) is 0.517. The van der Waals surface area contributed by atoms with Gasteiger partial charge in [-0.2, -0.15) is 13.2 Å².